The van der Waals surface area contributed by atoms with Crippen LogP contribution in [0.1, 0.15) is 25.3 Å². The average Bonchev–Trinajstić information content (AvgIpc) is 2.28. The van der Waals surface area contributed by atoms with Crippen LogP contribution in [0.5, 0.6) is 5.75 Å². The number of rotatable bonds is 6. The fourth-order valence-corrected chi connectivity index (χ4v) is 1.30. The molecule has 0 N–H and O–H groups in total. The lowest BCUT2D eigenvalue weighted by Crippen LogP contribution is -1.97. The number of Topliss-reactive ketones (excluding diaryl/α,β-unsaturated/α-hetero) is 1. The first kappa shape index (κ1) is 12.3. The SMILES string of the molecule is C#CCCOc1ccc(CCC(C)=O)cc1. The summed E-state index contributed by atoms with van der Waals surface area (Å²) in [6.07, 6.45) is 7.13. The highest BCUT2D eigenvalue weighted by Gasteiger charge is 1.98. The summed E-state index contributed by atoms with van der Waals surface area (Å²) in [5, 5.41) is 0. The molecule has 0 amide bonds. The van der Waals surface area contributed by atoms with E-state index in [2.05, 4.69) is 5.92 Å². The van der Waals surface area contributed by atoms with Gasteiger partial charge in [0.05, 0.1) is 6.61 Å². The Morgan fingerprint density at radius 3 is 2.62 bits per heavy atom. The first-order valence-electron chi connectivity index (χ1n) is 5.37. The van der Waals surface area contributed by atoms with E-state index in [1.165, 1.54) is 0 Å². The molecule has 16 heavy (non-hydrogen) atoms. The third-order valence-electron chi connectivity index (χ3n) is 2.20. The van der Waals surface area contributed by atoms with Crippen molar-refractivity contribution < 1.29 is 9.53 Å². The molecule has 0 heterocycles. The van der Waals surface area contributed by atoms with Crippen molar-refractivity contribution in [3.05, 3.63) is 29.8 Å². The van der Waals surface area contributed by atoms with Crippen molar-refractivity contribution >= 4 is 5.78 Å². The molecule has 0 spiro atoms. The van der Waals surface area contributed by atoms with Crippen LogP contribution in [0.25, 0.3) is 0 Å². The second-order valence-corrected chi connectivity index (χ2v) is 3.65. The summed E-state index contributed by atoms with van der Waals surface area (Å²) in [5.41, 5.74) is 1.15. The average molecular weight is 216 g/mol. The Labute approximate surface area is 96.6 Å². The summed E-state index contributed by atoms with van der Waals surface area (Å²) in [4.78, 5) is 10.8. The van der Waals surface area contributed by atoms with E-state index in [0.29, 0.717) is 19.4 Å². The van der Waals surface area contributed by atoms with Crippen LogP contribution < -0.4 is 4.74 Å². The Bertz CT molecular complexity index is 371. The molecule has 2 nitrogen and oxygen atoms in total. The van der Waals surface area contributed by atoms with E-state index < -0.39 is 0 Å². The van der Waals surface area contributed by atoms with Gasteiger partial charge in [0.2, 0.25) is 0 Å². The minimum absolute atomic E-state index is 0.217. The van der Waals surface area contributed by atoms with Crippen molar-refractivity contribution in [2.75, 3.05) is 6.61 Å². The van der Waals surface area contributed by atoms with Crippen LogP contribution in [0.4, 0.5) is 0 Å². The maximum absolute atomic E-state index is 10.8. The zero-order valence-electron chi connectivity index (χ0n) is 9.53. The number of terminal acetylenes is 1. The molecule has 0 bridgehead atoms. The summed E-state index contributed by atoms with van der Waals surface area (Å²) >= 11 is 0. The first-order valence-corrected chi connectivity index (χ1v) is 5.37. The maximum atomic E-state index is 10.8. The van der Waals surface area contributed by atoms with Gasteiger partial charge in [-0.1, -0.05) is 12.1 Å². The minimum atomic E-state index is 0.217. The van der Waals surface area contributed by atoms with E-state index in [1.807, 2.05) is 24.3 Å². The highest BCUT2D eigenvalue weighted by atomic mass is 16.5. The van der Waals surface area contributed by atoms with Crippen LogP contribution in [0.15, 0.2) is 24.3 Å². The van der Waals surface area contributed by atoms with E-state index in [1.54, 1.807) is 6.92 Å². The highest BCUT2D eigenvalue weighted by molar-refractivity contribution is 5.75. The molecular formula is C14H16O2. The van der Waals surface area contributed by atoms with Gasteiger partial charge in [-0.05, 0) is 31.0 Å². The molecule has 0 aliphatic heterocycles. The molecule has 0 aromatic heterocycles. The fourth-order valence-electron chi connectivity index (χ4n) is 1.30. The molecule has 2 heteroatoms. The van der Waals surface area contributed by atoms with Crippen LogP contribution in [0.2, 0.25) is 0 Å². The van der Waals surface area contributed by atoms with Crippen LogP contribution in [0, 0.1) is 12.3 Å². The number of aryl methyl sites for hydroxylation is 1. The molecule has 0 aliphatic carbocycles. The van der Waals surface area contributed by atoms with Gasteiger partial charge in [0.25, 0.3) is 0 Å². The monoisotopic (exact) mass is 216 g/mol. The number of ether oxygens (including phenoxy) is 1. The number of ketones is 1. The Hall–Kier alpha value is -1.75. The second-order valence-electron chi connectivity index (χ2n) is 3.65. The van der Waals surface area contributed by atoms with Crippen LogP contribution in [0.3, 0.4) is 0 Å². The quantitative estimate of drug-likeness (QED) is 0.539. The van der Waals surface area contributed by atoms with E-state index in [4.69, 9.17) is 11.2 Å². The van der Waals surface area contributed by atoms with Gasteiger partial charge in [-0.3, -0.25) is 0 Å². The molecular weight excluding hydrogens is 200 g/mol. The van der Waals surface area contributed by atoms with Gasteiger partial charge in [-0.2, -0.15) is 0 Å². The molecule has 0 radical (unpaired) electrons. The fraction of sp³-hybridized carbons (Fsp3) is 0.357. The van der Waals surface area contributed by atoms with Crippen molar-refractivity contribution in [3.63, 3.8) is 0 Å². The molecule has 84 valence electrons. The molecule has 1 aromatic carbocycles. The third-order valence-corrected chi connectivity index (χ3v) is 2.20. The number of carbonyl (C=O) groups excluding carboxylic acids is 1. The molecule has 0 fully saturated rings. The van der Waals surface area contributed by atoms with Crippen molar-refractivity contribution in [2.24, 2.45) is 0 Å². The number of carbonyl (C=O) groups is 1. The zero-order valence-corrected chi connectivity index (χ0v) is 9.53. The normalized spacial score (nSPS) is 9.50. The molecule has 0 atom stereocenters. The summed E-state index contributed by atoms with van der Waals surface area (Å²) in [5.74, 6) is 3.56. The topological polar surface area (TPSA) is 26.3 Å². The molecule has 0 aliphatic rings. The molecule has 0 saturated heterocycles. The van der Waals surface area contributed by atoms with Crippen LogP contribution >= 0.6 is 0 Å². The maximum Gasteiger partial charge on any atom is 0.130 e. The van der Waals surface area contributed by atoms with Gasteiger partial charge in [-0.15, -0.1) is 12.3 Å². The third kappa shape index (κ3) is 4.65. The minimum Gasteiger partial charge on any atom is -0.493 e. The van der Waals surface area contributed by atoms with Gasteiger partial charge in [0.15, 0.2) is 0 Å². The highest BCUT2D eigenvalue weighted by Crippen LogP contribution is 2.13. The summed E-state index contributed by atoms with van der Waals surface area (Å²) in [7, 11) is 0. The number of hydrogen-bond donors (Lipinski definition) is 0. The van der Waals surface area contributed by atoms with Gasteiger partial charge in [0, 0.05) is 12.8 Å². The molecule has 0 saturated carbocycles. The van der Waals surface area contributed by atoms with Crippen molar-refractivity contribution in [1.82, 2.24) is 0 Å². The molecule has 1 rings (SSSR count). The Morgan fingerprint density at radius 1 is 1.38 bits per heavy atom. The first-order chi connectivity index (χ1) is 7.72. The largest absolute Gasteiger partial charge is 0.493 e. The van der Waals surface area contributed by atoms with E-state index >= 15 is 0 Å². The van der Waals surface area contributed by atoms with E-state index in [9.17, 15) is 4.79 Å². The van der Waals surface area contributed by atoms with Gasteiger partial charge in [0.1, 0.15) is 11.5 Å². The lowest BCUT2D eigenvalue weighted by Gasteiger charge is -2.05. The number of hydrogen-bond acceptors (Lipinski definition) is 2. The van der Waals surface area contributed by atoms with Gasteiger partial charge >= 0.3 is 0 Å². The predicted molar refractivity (Wildman–Crippen MR) is 64.4 cm³/mol. The predicted octanol–water partition coefficient (Wildman–Crippen LogP) is 2.61. The lowest BCUT2D eigenvalue weighted by atomic mass is 10.1. The van der Waals surface area contributed by atoms with Crippen molar-refractivity contribution in [2.45, 2.75) is 26.2 Å². The molecule has 1 aromatic rings. The van der Waals surface area contributed by atoms with Gasteiger partial charge < -0.3 is 9.53 Å². The Kier molecular flexibility index (Phi) is 5.15. The smallest absolute Gasteiger partial charge is 0.130 e. The summed E-state index contributed by atoms with van der Waals surface area (Å²) in [6, 6.07) is 7.78. The van der Waals surface area contributed by atoms with Crippen LogP contribution in [-0.4, -0.2) is 12.4 Å². The summed E-state index contributed by atoms with van der Waals surface area (Å²) in [6.45, 7) is 2.15. The lowest BCUT2D eigenvalue weighted by molar-refractivity contribution is -0.116. The van der Waals surface area contributed by atoms with Crippen LogP contribution in [-0.2, 0) is 11.2 Å². The molecule has 0 unspecified atom stereocenters. The zero-order chi connectivity index (χ0) is 11.8. The summed E-state index contributed by atoms with van der Waals surface area (Å²) < 4.78 is 5.42. The Balaban J connectivity index is 2.42. The standard InChI is InChI=1S/C14H16O2/c1-3-4-11-16-14-9-7-13(8-10-14)6-5-12(2)15/h1,7-10H,4-6,11H2,2H3. The number of benzene rings is 1. The van der Waals surface area contributed by atoms with E-state index in [-0.39, 0.29) is 5.78 Å². The van der Waals surface area contributed by atoms with Crippen molar-refractivity contribution in [1.29, 1.82) is 0 Å². The van der Waals surface area contributed by atoms with Gasteiger partial charge in [-0.25, -0.2) is 0 Å². The second kappa shape index (κ2) is 6.68. The Morgan fingerprint density at radius 2 is 2.06 bits per heavy atom. The van der Waals surface area contributed by atoms with Crippen molar-refractivity contribution in [3.8, 4) is 18.1 Å². The van der Waals surface area contributed by atoms with E-state index in [0.717, 1.165) is 17.7 Å².